The molecule has 2 aromatic rings. The van der Waals surface area contributed by atoms with Gasteiger partial charge in [0, 0.05) is 11.6 Å². The summed E-state index contributed by atoms with van der Waals surface area (Å²) in [5, 5.41) is 14.7. The van der Waals surface area contributed by atoms with E-state index < -0.39 is 14.9 Å². The average molecular weight is 405 g/mol. The van der Waals surface area contributed by atoms with Crippen LogP contribution >= 0.6 is 0 Å². The van der Waals surface area contributed by atoms with Crippen molar-refractivity contribution in [3.63, 3.8) is 0 Å². The van der Waals surface area contributed by atoms with Gasteiger partial charge >= 0.3 is 0 Å². The number of ether oxygens (including phenoxy) is 1. The fourth-order valence-corrected chi connectivity index (χ4v) is 3.18. The number of aryl methyl sites for hydroxylation is 1. The van der Waals surface area contributed by atoms with Crippen LogP contribution in [0.1, 0.15) is 37.3 Å². The number of hydrogen-bond donors (Lipinski definition) is 1. The van der Waals surface area contributed by atoms with Crippen LogP contribution < -0.4 is 9.57 Å². The molecule has 0 atom stereocenters. The number of benzene rings is 2. The molecule has 0 radical (unpaired) electrons. The van der Waals surface area contributed by atoms with Crippen molar-refractivity contribution in [2.75, 3.05) is 6.61 Å². The molecule has 0 aliphatic rings. The predicted molar refractivity (Wildman–Crippen MR) is 107 cm³/mol. The minimum atomic E-state index is -4.01. The van der Waals surface area contributed by atoms with Crippen LogP contribution in [0.15, 0.2) is 52.5 Å². The van der Waals surface area contributed by atoms with E-state index in [1.54, 1.807) is 24.3 Å². The zero-order valence-corrected chi connectivity index (χ0v) is 16.6. The molecule has 0 amide bonds. The highest BCUT2D eigenvalue weighted by atomic mass is 32.2. The largest absolute Gasteiger partial charge is 0.494 e. The van der Waals surface area contributed by atoms with Crippen molar-refractivity contribution in [3.05, 3.63) is 63.7 Å². The Morgan fingerprint density at radius 2 is 1.89 bits per heavy atom. The molecule has 0 spiro atoms. The molecule has 0 aliphatic carbocycles. The third-order valence-electron chi connectivity index (χ3n) is 3.97. The number of nitrogens with one attached hydrogen (secondary N) is 1. The smallest absolute Gasteiger partial charge is 0.276 e. The Morgan fingerprint density at radius 3 is 2.54 bits per heavy atom. The molecule has 1 N–H and O–H groups in total. The topological polar surface area (TPSA) is 111 Å². The molecule has 0 heterocycles. The second-order valence-corrected chi connectivity index (χ2v) is 7.84. The van der Waals surface area contributed by atoms with Crippen LogP contribution in [-0.2, 0) is 10.0 Å². The van der Waals surface area contributed by atoms with Crippen LogP contribution in [0.4, 0.5) is 5.69 Å². The number of rotatable bonds is 10. The minimum Gasteiger partial charge on any atom is -0.494 e. The second-order valence-electron chi connectivity index (χ2n) is 6.18. The third-order valence-corrected chi connectivity index (χ3v) is 5.19. The maximum absolute atomic E-state index is 12.3. The zero-order valence-electron chi connectivity index (χ0n) is 15.8. The van der Waals surface area contributed by atoms with Crippen molar-refractivity contribution in [1.82, 2.24) is 4.83 Å². The Kier molecular flexibility index (Phi) is 7.51. The number of nitrogens with zero attached hydrogens (tertiary/aromatic N) is 2. The molecule has 0 unspecified atom stereocenters. The van der Waals surface area contributed by atoms with Crippen molar-refractivity contribution >= 4 is 21.9 Å². The minimum absolute atomic E-state index is 0.224. The van der Waals surface area contributed by atoms with E-state index >= 15 is 0 Å². The van der Waals surface area contributed by atoms with Gasteiger partial charge in [0.25, 0.3) is 15.7 Å². The first-order chi connectivity index (χ1) is 13.3. The van der Waals surface area contributed by atoms with Crippen LogP contribution in [0.2, 0.25) is 0 Å². The molecular formula is C19H23N3O5S. The first-order valence-corrected chi connectivity index (χ1v) is 10.3. The van der Waals surface area contributed by atoms with Gasteiger partial charge in [-0.3, -0.25) is 10.1 Å². The van der Waals surface area contributed by atoms with Crippen molar-refractivity contribution in [2.45, 2.75) is 38.0 Å². The van der Waals surface area contributed by atoms with E-state index in [2.05, 4.69) is 16.9 Å². The monoisotopic (exact) mass is 405 g/mol. The summed E-state index contributed by atoms with van der Waals surface area (Å²) < 4.78 is 30.1. The summed E-state index contributed by atoms with van der Waals surface area (Å²) in [5.41, 5.74) is 0.796. The molecule has 28 heavy (non-hydrogen) atoms. The van der Waals surface area contributed by atoms with Crippen molar-refractivity contribution < 1.29 is 18.1 Å². The lowest BCUT2D eigenvalue weighted by Crippen LogP contribution is -2.18. The number of nitro groups is 1. The van der Waals surface area contributed by atoms with E-state index in [1.165, 1.54) is 25.3 Å². The van der Waals surface area contributed by atoms with Crippen LogP contribution in [0.5, 0.6) is 5.75 Å². The number of unbranched alkanes of at least 4 members (excludes halogenated alkanes) is 2. The first-order valence-electron chi connectivity index (χ1n) is 8.86. The zero-order chi connectivity index (χ0) is 20.6. The molecule has 0 saturated heterocycles. The SMILES string of the molecule is CCCCCOc1ccc(C=NNS(=O)(=O)c2ccc(C)c([N+](=O)[O-])c2)cc1. The third kappa shape index (κ3) is 6.05. The predicted octanol–water partition coefficient (Wildman–Crippen LogP) is 3.78. The number of hydrazone groups is 1. The van der Waals surface area contributed by atoms with Gasteiger partial charge in [-0.15, -0.1) is 0 Å². The summed E-state index contributed by atoms with van der Waals surface area (Å²) in [6.45, 7) is 4.32. The fourth-order valence-electron chi connectivity index (χ4n) is 2.37. The van der Waals surface area contributed by atoms with E-state index in [0.717, 1.165) is 31.1 Å². The molecular weight excluding hydrogens is 382 g/mol. The van der Waals surface area contributed by atoms with E-state index in [1.807, 2.05) is 0 Å². The summed E-state index contributed by atoms with van der Waals surface area (Å²) in [6, 6.07) is 10.8. The van der Waals surface area contributed by atoms with Crippen LogP contribution in [-0.4, -0.2) is 26.2 Å². The first kappa shape index (κ1) is 21.4. The molecule has 0 fully saturated rings. The quantitative estimate of drug-likeness (QED) is 0.280. The van der Waals surface area contributed by atoms with Gasteiger partial charge in [-0.25, -0.2) is 4.83 Å². The lowest BCUT2D eigenvalue weighted by Gasteiger charge is -2.06. The second kappa shape index (κ2) is 9.84. The molecule has 8 nitrogen and oxygen atoms in total. The van der Waals surface area contributed by atoms with Crippen LogP contribution in [0.3, 0.4) is 0 Å². The van der Waals surface area contributed by atoms with Gasteiger partial charge < -0.3 is 4.74 Å². The standard InChI is InChI=1S/C19H23N3O5S/c1-3-4-5-12-27-17-9-7-16(8-10-17)14-20-21-28(25,26)18-11-6-15(2)19(13-18)22(23)24/h6-11,13-14,21H,3-5,12H2,1-2H3. The summed E-state index contributed by atoms with van der Waals surface area (Å²) in [5.74, 6) is 0.737. The highest BCUT2D eigenvalue weighted by Crippen LogP contribution is 2.22. The van der Waals surface area contributed by atoms with E-state index in [-0.39, 0.29) is 10.6 Å². The lowest BCUT2D eigenvalue weighted by molar-refractivity contribution is -0.385. The molecule has 9 heteroatoms. The molecule has 150 valence electrons. The Morgan fingerprint density at radius 1 is 1.18 bits per heavy atom. The maximum Gasteiger partial charge on any atom is 0.276 e. The van der Waals surface area contributed by atoms with Gasteiger partial charge in [0.15, 0.2) is 0 Å². The molecule has 0 saturated carbocycles. The molecule has 2 aromatic carbocycles. The number of hydrogen-bond acceptors (Lipinski definition) is 6. The average Bonchev–Trinajstić information content (AvgIpc) is 2.66. The molecule has 2 rings (SSSR count). The maximum atomic E-state index is 12.3. The summed E-state index contributed by atoms with van der Waals surface area (Å²) in [6.07, 6.45) is 4.60. The van der Waals surface area contributed by atoms with E-state index in [9.17, 15) is 18.5 Å². The number of sulfonamides is 1. The van der Waals surface area contributed by atoms with E-state index in [4.69, 9.17) is 4.74 Å². The number of nitro benzene ring substituents is 1. The summed E-state index contributed by atoms with van der Waals surface area (Å²) in [7, 11) is -4.01. The fraction of sp³-hybridized carbons (Fsp3) is 0.316. The summed E-state index contributed by atoms with van der Waals surface area (Å²) in [4.78, 5) is 12.2. The highest BCUT2D eigenvalue weighted by molar-refractivity contribution is 7.89. The Labute approximate surface area is 164 Å². The van der Waals surface area contributed by atoms with Crippen LogP contribution in [0, 0.1) is 17.0 Å². The Balaban J connectivity index is 1.99. The van der Waals surface area contributed by atoms with Gasteiger partial charge in [0.05, 0.1) is 22.6 Å². The van der Waals surface area contributed by atoms with Crippen LogP contribution in [0.25, 0.3) is 0 Å². The molecule has 0 bridgehead atoms. The molecule has 0 aliphatic heterocycles. The highest BCUT2D eigenvalue weighted by Gasteiger charge is 2.19. The summed E-state index contributed by atoms with van der Waals surface area (Å²) >= 11 is 0. The Hall–Kier alpha value is -2.94. The Bertz CT molecular complexity index is 941. The van der Waals surface area contributed by atoms with Gasteiger partial charge in [-0.2, -0.15) is 13.5 Å². The van der Waals surface area contributed by atoms with Gasteiger partial charge in [0.2, 0.25) is 0 Å². The van der Waals surface area contributed by atoms with Crippen molar-refractivity contribution in [2.24, 2.45) is 5.10 Å². The normalized spacial score (nSPS) is 11.5. The lowest BCUT2D eigenvalue weighted by atomic mass is 10.2. The van der Waals surface area contributed by atoms with Gasteiger partial charge in [-0.1, -0.05) is 25.8 Å². The van der Waals surface area contributed by atoms with E-state index in [0.29, 0.717) is 17.7 Å². The van der Waals surface area contributed by atoms with Crippen molar-refractivity contribution in [3.8, 4) is 5.75 Å². The molecule has 0 aromatic heterocycles. The van der Waals surface area contributed by atoms with Gasteiger partial charge in [-0.05, 0) is 49.2 Å². The van der Waals surface area contributed by atoms with Gasteiger partial charge in [0.1, 0.15) is 5.75 Å². The van der Waals surface area contributed by atoms with Crippen molar-refractivity contribution in [1.29, 1.82) is 0 Å².